The van der Waals surface area contributed by atoms with E-state index in [2.05, 4.69) is 68.9 Å². The number of aliphatic hydroxyl groups excluding tert-OH is 1. The highest BCUT2D eigenvalue weighted by Crippen LogP contribution is 2.24. The summed E-state index contributed by atoms with van der Waals surface area (Å²) in [6.07, 6.45) is -0.390. The molecule has 21 heavy (non-hydrogen) atoms. The topological polar surface area (TPSA) is 26.7 Å². The maximum absolute atomic E-state index is 10.5. The summed E-state index contributed by atoms with van der Waals surface area (Å²) in [4.78, 5) is 4.69. The van der Waals surface area contributed by atoms with Gasteiger partial charge in [0.1, 0.15) is 0 Å². The number of nitrogens with zero attached hydrogens (tertiary/aromatic N) is 2. The summed E-state index contributed by atoms with van der Waals surface area (Å²) in [5, 5.41) is 10.5. The van der Waals surface area contributed by atoms with Gasteiger partial charge in [0.15, 0.2) is 0 Å². The van der Waals surface area contributed by atoms with Crippen LogP contribution in [0.25, 0.3) is 0 Å². The van der Waals surface area contributed by atoms with Gasteiger partial charge in [0.05, 0.1) is 6.10 Å². The zero-order chi connectivity index (χ0) is 15.6. The lowest BCUT2D eigenvalue weighted by atomic mass is 10.00. The minimum Gasteiger partial charge on any atom is -0.387 e. The van der Waals surface area contributed by atoms with Crippen molar-refractivity contribution >= 4 is 0 Å². The Balaban J connectivity index is 1.94. The zero-order valence-corrected chi connectivity index (χ0v) is 14.1. The predicted octanol–water partition coefficient (Wildman–Crippen LogP) is 2.73. The normalized spacial score (nSPS) is 25.0. The monoisotopic (exact) mass is 290 g/mol. The predicted molar refractivity (Wildman–Crippen MR) is 88.6 cm³/mol. The van der Waals surface area contributed by atoms with Gasteiger partial charge < -0.3 is 10.0 Å². The van der Waals surface area contributed by atoms with Crippen LogP contribution in [-0.4, -0.2) is 54.7 Å². The number of rotatable bonds is 5. The molecule has 1 aliphatic heterocycles. The molecule has 3 heteroatoms. The second-order valence-electron chi connectivity index (χ2n) is 7.06. The minimum absolute atomic E-state index is 0.390. The van der Waals surface area contributed by atoms with E-state index in [0.717, 1.165) is 25.2 Å². The molecule has 0 bridgehead atoms. The van der Waals surface area contributed by atoms with E-state index < -0.39 is 0 Å². The van der Waals surface area contributed by atoms with Crippen molar-refractivity contribution in [1.82, 2.24) is 9.80 Å². The van der Waals surface area contributed by atoms with Crippen molar-refractivity contribution in [3.63, 3.8) is 0 Å². The minimum atomic E-state index is -0.390. The van der Waals surface area contributed by atoms with Crippen LogP contribution in [0.2, 0.25) is 0 Å². The molecule has 1 fully saturated rings. The fourth-order valence-electron chi connectivity index (χ4n) is 3.32. The van der Waals surface area contributed by atoms with E-state index in [1.165, 1.54) is 5.56 Å². The highest BCUT2D eigenvalue weighted by molar-refractivity contribution is 5.26. The highest BCUT2D eigenvalue weighted by atomic mass is 16.3. The Bertz CT molecular complexity index is 441. The average Bonchev–Trinajstić information content (AvgIpc) is 2.79. The third-order valence-corrected chi connectivity index (χ3v) is 4.73. The summed E-state index contributed by atoms with van der Waals surface area (Å²) < 4.78 is 0. The second-order valence-corrected chi connectivity index (χ2v) is 7.06. The van der Waals surface area contributed by atoms with E-state index in [-0.39, 0.29) is 6.10 Å². The quantitative estimate of drug-likeness (QED) is 0.903. The first-order chi connectivity index (χ1) is 9.88. The molecule has 2 rings (SSSR count). The van der Waals surface area contributed by atoms with Crippen molar-refractivity contribution in [3.8, 4) is 0 Å². The van der Waals surface area contributed by atoms with Crippen LogP contribution in [0.5, 0.6) is 0 Å². The molecular weight excluding hydrogens is 260 g/mol. The Morgan fingerprint density at radius 1 is 1.14 bits per heavy atom. The van der Waals surface area contributed by atoms with Crippen LogP contribution in [0.4, 0.5) is 0 Å². The van der Waals surface area contributed by atoms with Gasteiger partial charge in [-0.25, -0.2) is 0 Å². The molecule has 1 saturated heterocycles. The molecule has 118 valence electrons. The van der Waals surface area contributed by atoms with Crippen molar-refractivity contribution in [2.24, 2.45) is 5.92 Å². The van der Waals surface area contributed by atoms with Crippen molar-refractivity contribution in [2.45, 2.75) is 38.8 Å². The zero-order valence-electron chi connectivity index (χ0n) is 14.1. The first kappa shape index (κ1) is 16.5. The van der Waals surface area contributed by atoms with Crippen LogP contribution in [-0.2, 0) is 0 Å². The fraction of sp³-hybridized carbons (Fsp3) is 0.667. The molecule has 0 radical (unpaired) electrons. The number of likely N-dealkylation sites (tertiary alicyclic amines) is 1. The van der Waals surface area contributed by atoms with Gasteiger partial charge in [-0.15, -0.1) is 0 Å². The first-order valence-electron chi connectivity index (χ1n) is 8.05. The standard InChI is InChI=1S/C18H30N2O/c1-13(2)15-6-8-16(9-7-15)18(21)12-20-10-14(3)17(11-20)19(4)5/h6-9,13-14,17-18,21H,10-12H2,1-5H3. The Hall–Kier alpha value is -0.900. The molecule has 1 aliphatic rings. The molecule has 0 aliphatic carbocycles. The van der Waals surface area contributed by atoms with E-state index in [9.17, 15) is 5.11 Å². The van der Waals surface area contributed by atoms with Crippen LogP contribution >= 0.6 is 0 Å². The number of β-amino-alcohol motifs (C(OH)–C–C–N with tert-alkyl or cyclic N) is 1. The van der Waals surface area contributed by atoms with Gasteiger partial charge in [-0.05, 0) is 37.1 Å². The van der Waals surface area contributed by atoms with Gasteiger partial charge >= 0.3 is 0 Å². The largest absolute Gasteiger partial charge is 0.387 e. The lowest BCUT2D eigenvalue weighted by Crippen LogP contribution is -2.35. The van der Waals surface area contributed by atoms with E-state index in [4.69, 9.17) is 0 Å². The lowest BCUT2D eigenvalue weighted by Gasteiger charge is -2.23. The lowest BCUT2D eigenvalue weighted by molar-refractivity contribution is 0.122. The summed E-state index contributed by atoms with van der Waals surface area (Å²) in [6.45, 7) is 9.54. The highest BCUT2D eigenvalue weighted by Gasteiger charge is 2.31. The number of hydrogen-bond donors (Lipinski definition) is 1. The van der Waals surface area contributed by atoms with Gasteiger partial charge in [-0.3, -0.25) is 4.90 Å². The van der Waals surface area contributed by atoms with Crippen LogP contribution in [0, 0.1) is 5.92 Å². The molecule has 1 aromatic rings. The number of aliphatic hydroxyl groups is 1. The number of hydrogen-bond acceptors (Lipinski definition) is 3. The summed E-state index contributed by atoms with van der Waals surface area (Å²) in [7, 11) is 4.29. The van der Waals surface area contributed by atoms with Crippen molar-refractivity contribution in [2.75, 3.05) is 33.7 Å². The third-order valence-electron chi connectivity index (χ3n) is 4.73. The van der Waals surface area contributed by atoms with Gasteiger partial charge in [-0.2, -0.15) is 0 Å². The van der Waals surface area contributed by atoms with Crippen LogP contribution in [0.1, 0.15) is 43.9 Å². The van der Waals surface area contributed by atoms with Crippen LogP contribution in [0.15, 0.2) is 24.3 Å². The SMILES string of the molecule is CC(C)c1ccc(C(O)CN2CC(C)C(N(C)C)C2)cc1. The van der Waals surface area contributed by atoms with Crippen LogP contribution < -0.4 is 0 Å². The van der Waals surface area contributed by atoms with Crippen molar-refractivity contribution in [3.05, 3.63) is 35.4 Å². The molecule has 3 unspecified atom stereocenters. The first-order valence-corrected chi connectivity index (χ1v) is 8.05. The molecule has 3 nitrogen and oxygen atoms in total. The van der Waals surface area contributed by atoms with Gasteiger partial charge in [0.2, 0.25) is 0 Å². The maximum Gasteiger partial charge on any atom is 0.0916 e. The second kappa shape index (κ2) is 6.91. The number of likely N-dealkylation sites (N-methyl/N-ethyl adjacent to an activating group) is 1. The van der Waals surface area contributed by atoms with E-state index in [1.807, 2.05) is 0 Å². The molecule has 1 aromatic carbocycles. The molecule has 0 saturated carbocycles. The van der Waals surface area contributed by atoms with E-state index in [0.29, 0.717) is 17.9 Å². The molecule has 0 spiro atoms. The van der Waals surface area contributed by atoms with Gasteiger partial charge in [-0.1, -0.05) is 45.0 Å². The van der Waals surface area contributed by atoms with Gasteiger partial charge in [0, 0.05) is 25.7 Å². The summed E-state index contributed by atoms with van der Waals surface area (Å²) in [5.41, 5.74) is 2.36. The third kappa shape index (κ3) is 4.06. The molecule has 0 amide bonds. The van der Waals surface area contributed by atoms with E-state index >= 15 is 0 Å². The maximum atomic E-state index is 10.5. The van der Waals surface area contributed by atoms with Crippen molar-refractivity contribution < 1.29 is 5.11 Å². The molecule has 1 heterocycles. The Morgan fingerprint density at radius 2 is 1.71 bits per heavy atom. The molecule has 3 atom stereocenters. The Morgan fingerprint density at radius 3 is 2.19 bits per heavy atom. The average molecular weight is 290 g/mol. The Labute approximate surface area is 129 Å². The van der Waals surface area contributed by atoms with Crippen LogP contribution in [0.3, 0.4) is 0 Å². The molecular formula is C18H30N2O. The Kier molecular flexibility index (Phi) is 5.42. The molecule has 1 N–H and O–H groups in total. The fourth-order valence-corrected chi connectivity index (χ4v) is 3.32. The summed E-state index contributed by atoms with van der Waals surface area (Å²) in [5.74, 6) is 1.20. The summed E-state index contributed by atoms with van der Waals surface area (Å²) >= 11 is 0. The number of benzene rings is 1. The smallest absolute Gasteiger partial charge is 0.0916 e. The van der Waals surface area contributed by atoms with Gasteiger partial charge in [0.25, 0.3) is 0 Å². The van der Waals surface area contributed by atoms with Crippen molar-refractivity contribution in [1.29, 1.82) is 0 Å². The molecule has 0 aromatic heterocycles. The summed E-state index contributed by atoms with van der Waals surface area (Å²) in [6, 6.07) is 9.02. The van der Waals surface area contributed by atoms with E-state index in [1.54, 1.807) is 0 Å².